The van der Waals surface area contributed by atoms with Gasteiger partial charge >= 0.3 is 0 Å². The molecule has 0 amide bonds. The molecule has 0 bridgehead atoms. The highest BCUT2D eigenvalue weighted by Gasteiger charge is 2.15. The van der Waals surface area contributed by atoms with Gasteiger partial charge in [-0.1, -0.05) is 12.1 Å². The minimum atomic E-state index is -0.247. The maximum Gasteiger partial charge on any atom is 0.150 e. The van der Waals surface area contributed by atoms with Crippen molar-refractivity contribution in [1.82, 2.24) is 9.97 Å². The predicted molar refractivity (Wildman–Crippen MR) is 114 cm³/mol. The maximum atomic E-state index is 13.2. The molecule has 0 aliphatic carbocycles. The van der Waals surface area contributed by atoms with Gasteiger partial charge in [-0.3, -0.25) is 0 Å². The molecule has 0 saturated carbocycles. The Hall–Kier alpha value is -3.19. The number of hydrogen-bond donors (Lipinski definition) is 0. The van der Waals surface area contributed by atoms with Crippen molar-refractivity contribution in [2.24, 2.45) is 0 Å². The van der Waals surface area contributed by atoms with Gasteiger partial charge in [-0.05, 0) is 35.9 Å². The standard InChI is InChI=1S/C22H20FN3O2S/c1-26(12-15-6-9-17(27-2)10-19(15)28-3)22-21-18(24-13-25-22)11-20(29-21)14-4-7-16(23)8-5-14/h4-11,13H,12H2,1-3H3. The third-order valence-electron chi connectivity index (χ3n) is 4.68. The van der Waals surface area contributed by atoms with Gasteiger partial charge in [0.1, 0.15) is 29.5 Å². The molecule has 0 fully saturated rings. The number of aromatic nitrogens is 2. The van der Waals surface area contributed by atoms with Crippen LogP contribution in [0.1, 0.15) is 5.56 Å². The van der Waals surface area contributed by atoms with Crippen LogP contribution in [0.25, 0.3) is 20.7 Å². The summed E-state index contributed by atoms with van der Waals surface area (Å²) in [6, 6.07) is 14.3. The molecule has 0 radical (unpaired) electrons. The van der Waals surface area contributed by atoms with E-state index in [1.165, 1.54) is 12.1 Å². The Morgan fingerprint density at radius 1 is 1.00 bits per heavy atom. The number of benzene rings is 2. The zero-order chi connectivity index (χ0) is 20.4. The Morgan fingerprint density at radius 3 is 2.52 bits per heavy atom. The number of anilines is 1. The number of hydrogen-bond acceptors (Lipinski definition) is 6. The summed E-state index contributed by atoms with van der Waals surface area (Å²) in [5.41, 5.74) is 2.85. The molecule has 5 nitrogen and oxygen atoms in total. The number of methoxy groups -OCH3 is 2. The molecule has 2 heterocycles. The van der Waals surface area contributed by atoms with E-state index in [-0.39, 0.29) is 5.82 Å². The van der Waals surface area contributed by atoms with Gasteiger partial charge in [-0.2, -0.15) is 0 Å². The van der Waals surface area contributed by atoms with Crippen molar-refractivity contribution < 1.29 is 13.9 Å². The number of halogens is 1. The van der Waals surface area contributed by atoms with Crippen molar-refractivity contribution in [1.29, 1.82) is 0 Å². The smallest absolute Gasteiger partial charge is 0.150 e. The van der Waals surface area contributed by atoms with Crippen molar-refractivity contribution in [2.75, 3.05) is 26.2 Å². The minimum absolute atomic E-state index is 0.247. The van der Waals surface area contributed by atoms with Crippen LogP contribution in [0.2, 0.25) is 0 Å². The fraction of sp³-hybridized carbons (Fsp3) is 0.182. The summed E-state index contributed by atoms with van der Waals surface area (Å²) in [5, 5.41) is 0. The first-order valence-corrected chi connectivity index (χ1v) is 9.83. The Morgan fingerprint density at radius 2 is 1.79 bits per heavy atom. The third-order valence-corrected chi connectivity index (χ3v) is 5.85. The molecule has 0 spiro atoms. The molecule has 29 heavy (non-hydrogen) atoms. The Labute approximate surface area is 172 Å². The highest BCUT2D eigenvalue weighted by atomic mass is 32.1. The van der Waals surface area contributed by atoms with Gasteiger partial charge in [-0.15, -0.1) is 11.3 Å². The molecule has 4 rings (SSSR count). The van der Waals surface area contributed by atoms with Crippen LogP contribution < -0.4 is 14.4 Å². The minimum Gasteiger partial charge on any atom is -0.497 e. The SMILES string of the molecule is COc1ccc(CN(C)c2ncnc3cc(-c4ccc(F)cc4)sc23)c(OC)c1. The van der Waals surface area contributed by atoms with E-state index in [9.17, 15) is 4.39 Å². The first kappa shape index (κ1) is 19.1. The largest absolute Gasteiger partial charge is 0.497 e. The van der Waals surface area contributed by atoms with E-state index in [1.807, 2.05) is 31.3 Å². The first-order valence-electron chi connectivity index (χ1n) is 9.01. The zero-order valence-corrected chi connectivity index (χ0v) is 17.2. The topological polar surface area (TPSA) is 47.5 Å². The average Bonchev–Trinajstić information content (AvgIpc) is 3.18. The molecular weight excluding hydrogens is 389 g/mol. The molecule has 2 aromatic carbocycles. The lowest BCUT2D eigenvalue weighted by Gasteiger charge is -2.20. The predicted octanol–water partition coefficient (Wildman–Crippen LogP) is 5.15. The van der Waals surface area contributed by atoms with Crippen molar-refractivity contribution in [2.45, 2.75) is 6.54 Å². The zero-order valence-electron chi connectivity index (χ0n) is 16.3. The van der Waals surface area contributed by atoms with Gasteiger partial charge in [0, 0.05) is 30.1 Å². The normalized spacial score (nSPS) is 10.9. The monoisotopic (exact) mass is 409 g/mol. The number of rotatable bonds is 6. The van der Waals surface area contributed by atoms with Crippen LogP contribution in [0.5, 0.6) is 11.5 Å². The van der Waals surface area contributed by atoms with E-state index in [0.717, 1.165) is 43.5 Å². The highest BCUT2D eigenvalue weighted by Crippen LogP contribution is 2.37. The summed E-state index contributed by atoms with van der Waals surface area (Å²) in [6.45, 7) is 0.614. The molecule has 0 aliphatic heterocycles. The van der Waals surface area contributed by atoms with Gasteiger partial charge < -0.3 is 14.4 Å². The molecule has 4 aromatic rings. The molecule has 2 aromatic heterocycles. The second-order valence-electron chi connectivity index (χ2n) is 6.56. The molecule has 0 atom stereocenters. The number of thiophene rings is 1. The lowest BCUT2D eigenvalue weighted by Crippen LogP contribution is -2.18. The summed E-state index contributed by atoms with van der Waals surface area (Å²) >= 11 is 1.60. The second kappa shape index (κ2) is 8.05. The Kier molecular flexibility index (Phi) is 5.31. The van der Waals surface area contributed by atoms with Crippen molar-refractivity contribution in [3.63, 3.8) is 0 Å². The van der Waals surface area contributed by atoms with E-state index < -0.39 is 0 Å². The lowest BCUT2D eigenvalue weighted by molar-refractivity contribution is 0.391. The van der Waals surface area contributed by atoms with Gasteiger partial charge in [0.05, 0.1) is 24.4 Å². The van der Waals surface area contributed by atoms with Gasteiger partial charge in [0.25, 0.3) is 0 Å². The lowest BCUT2D eigenvalue weighted by atomic mass is 10.1. The number of fused-ring (bicyclic) bond motifs is 1. The highest BCUT2D eigenvalue weighted by molar-refractivity contribution is 7.22. The van der Waals surface area contributed by atoms with Crippen LogP contribution in [-0.4, -0.2) is 31.2 Å². The fourth-order valence-corrected chi connectivity index (χ4v) is 4.34. The average molecular weight is 409 g/mol. The van der Waals surface area contributed by atoms with Crippen LogP contribution >= 0.6 is 11.3 Å². The molecule has 7 heteroatoms. The van der Waals surface area contributed by atoms with Crippen LogP contribution in [0, 0.1) is 5.82 Å². The van der Waals surface area contributed by atoms with Crippen molar-refractivity contribution in [3.8, 4) is 21.9 Å². The number of nitrogens with zero attached hydrogens (tertiary/aromatic N) is 3. The van der Waals surface area contributed by atoms with E-state index in [0.29, 0.717) is 6.54 Å². The Bertz CT molecular complexity index is 1140. The maximum absolute atomic E-state index is 13.2. The molecule has 0 N–H and O–H groups in total. The first-order chi connectivity index (χ1) is 14.1. The van der Waals surface area contributed by atoms with Crippen molar-refractivity contribution >= 4 is 27.4 Å². The number of ether oxygens (including phenoxy) is 2. The van der Waals surface area contributed by atoms with E-state index >= 15 is 0 Å². The third kappa shape index (κ3) is 3.86. The molecule has 0 aliphatic rings. The van der Waals surface area contributed by atoms with Crippen LogP contribution in [0.15, 0.2) is 54.9 Å². The van der Waals surface area contributed by atoms with E-state index in [1.54, 1.807) is 44.0 Å². The second-order valence-corrected chi connectivity index (χ2v) is 7.62. The molecule has 0 saturated heterocycles. The summed E-state index contributed by atoms with van der Waals surface area (Å²) in [6.07, 6.45) is 1.57. The molecule has 0 unspecified atom stereocenters. The van der Waals surface area contributed by atoms with Crippen LogP contribution in [0.4, 0.5) is 10.2 Å². The molecular formula is C22H20FN3O2S. The quantitative estimate of drug-likeness (QED) is 0.441. The summed E-state index contributed by atoms with van der Waals surface area (Å²) in [4.78, 5) is 12.0. The summed E-state index contributed by atoms with van der Waals surface area (Å²) in [5.74, 6) is 2.11. The fourth-order valence-electron chi connectivity index (χ4n) is 3.18. The Balaban J connectivity index is 1.67. The molecule has 148 valence electrons. The van der Waals surface area contributed by atoms with E-state index in [4.69, 9.17) is 9.47 Å². The van der Waals surface area contributed by atoms with Gasteiger partial charge in [0.2, 0.25) is 0 Å². The van der Waals surface area contributed by atoms with Crippen LogP contribution in [-0.2, 0) is 6.54 Å². The van der Waals surface area contributed by atoms with E-state index in [2.05, 4.69) is 14.9 Å². The van der Waals surface area contributed by atoms with Crippen molar-refractivity contribution in [3.05, 3.63) is 66.2 Å². The van der Waals surface area contributed by atoms with Gasteiger partial charge in [0.15, 0.2) is 0 Å². The van der Waals surface area contributed by atoms with Crippen LogP contribution in [0.3, 0.4) is 0 Å². The summed E-state index contributed by atoms with van der Waals surface area (Å²) in [7, 11) is 5.27. The van der Waals surface area contributed by atoms with Gasteiger partial charge in [-0.25, -0.2) is 14.4 Å². The summed E-state index contributed by atoms with van der Waals surface area (Å²) < 4.78 is 25.0.